The molecule has 3 rings (SSSR count). The molecule has 0 saturated carbocycles. The summed E-state index contributed by atoms with van der Waals surface area (Å²) in [6, 6.07) is 10.0. The van der Waals surface area contributed by atoms with E-state index in [1.54, 1.807) is 49.4 Å². The number of nitrogens with zero attached hydrogens (tertiary/aromatic N) is 2. The Balaban J connectivity index is 1.96. The van der Waals surface area contributed by atoms with Crippen molar-refractivity contribution in [2.45, 2.75) is 6.92 Å². The molecule has 144 valence electrons. The van der Waals surface area contributed by atoms with Crippen LogP contribution in [0.3, 0.4) is 0 Å². The molecular formula is C19H14BrCl2N3O3. The molecule has 2 N–H and O–H groups in total. The first-order valence-corrected chi connectivity index (χ1v) is 9.58. The van der Waals surface area contributed by atoms with Crippen LogP contribution in [-0.2, 0) is 9.59 Å². The van der Waals surface area contributed by atoms with E-state index in [0.29, 0.717) is 38.3 Å². The lowest BCUT2D eigenvalue weighted by atomic mass is 10.1. The summed E-state index contributed by atoms with van der Waals surface area (Å²) in [5.41, 5.74) is 7.15. The van der Waals surface area contributed by atoms with Crippen LogP contribution in [-0.4, -0.2) is 24.1 Å². The third kappa shape index (κ3) is 4.38. The number of hydrogen-bond donors (Lipinski definition) is 1. The van der Waals surface area contributed by atoms with Crippen molar-refractivity contribution in [3.63, 3.8) is 0 Å². The molecule has 2 amide bonds. The van der Waals surface area contributed by atoms with Gasteiger partial charge in [-0.3, -0.25) is 9.59 Å². The van der Waals surface area contributed by atoms with Gasteiger partial charge < -0.3 is 10.5 Å². The van der Waals surface area contributed by atoms with Gasteiger partial charge in [0.25, 0.3) is 11.8 Å². The maximum Gasteiger partial charge on any atom is 0.280 e. The second-order valence-corrected chi connectivity index (χ2v) is 7.63. The van der Waals surface area contributed by atoms with E-state index in [1.807, 2.05) is 0 Å². The van der Waals surface area contributed by atoms with Crippen LogP contribution in [0.4, 0.5) is 5.69 Å². The van der Waals surface area contributed by atoms with Crippen molar-refractivity contribution in [3.8, 4) is 5.75 Å². The molecule has 0 unspecified atom stereocenters. The maximum absolute atomic E-state index is 12.9. The van der Waals surface area contributed by atoms with Gasteiger partial charge >= 0.3 is 0 Å². The molecule has 0 saturated heterocycles. The van der Waals surface area contributed by atoms with Gasteiger partial charge in [0.1, 0.15) is 5.75 Å². The van der Waals surface area contributed by atoms with Crippen LogP contribution in [0.5, 0.6) is 5.75 Å². The number of amides is 2. The van der Waals surface area contributed by atoms with Gasteiger partial charge in [-0.05, 0) is 49.4 Å². The number of hydrogen-bond acceptors (Lipinski definition) is 4. The summed E-state index contributed by atoms with van der Waals surface area (Å²) in [5, 5.41) is 6.29. The predicted molar refractivity (Wildman–Crippen MR) is 114 cm³/mol. The number of carbonyl (C=O) groups is 2. The Morgan fingerprint density at radius 3 is 2.68 bits per heavy atom. The Morgan fingerprint density at radius 1 is 1.25 bits per heavy atom. The number of anilines is 1. The minimum atomic E-state index is -0.595. The minimum Gasteiger partial charge on any atom is -0.483 e. The van der Waals surface area contributed by atoms with E-state index < -0.39 is 5.91 Å². The van der Waals surface area contributed by atoms with Crippen LogP contribution in [0.1, 0.15) is 12.5 Å². The number of hydrazone groups is 1. The number of primary amides is 1. The molecule has 2 aromatic carbocycles. The molecule has 0 aromatic heterocycles. The average molecular weight is 483 g/mol. The SMILES string of the molecule is CC1=NN(c2ccc(Cl)c(Cl)c2)C(=O)/C1=C/c1cc(Br)ccc1OCC(N)=O. The number of nitrogens with two attached hydrogens (primary N) is 1. The van der Waals surface area contributed by atoms with Crippen LogP contribution in [0, 0.1) is 0 Å². The molecule has 1 aliphatic heterocycles. The molecule has 2 aromatic rings. The summed E-state index contributed by atoms with van der Waals surface area (Å²) in [5.74, 6) is -0.498. The van der Waals surface area contributed by atoms with E-state index in [-0.39, 0.29) is 12.5 Å². The van der Waals surface area contributed by atoms with E-state index in [9.17, 15) is 9.59 Å². The smallest absolute Gasteiger partial charge is 0.280 e. The Bertz CT molecular complexity index is 1040. The molecule has 0 radical (unpaired) electrons. The van der Waals surface area contributed by atoms with E-state index in [2.05, 4.69) is 21.0 Å². The first-order chi connectivity index (χ1) is 13.3. The Hall–Kier alpha value is -2.35. The monoisotopic (exact) mass is 481 g/mol. The molecular weight excluding hydrogens is 469 g/mol. The van der Waals surface area contributed by atoms with Crippen molar-refractivity contribution in [2.24, 2.45) is 10.8 Å². The van der Waals surface area contributed by atoms with Crippen molar-refractivity contribution in [2.75, 3.05) is 11.6 Å². The lowest BCUT2D eigenvalue weighted by Gasteiger charge is -2.13. The molecule has 0 aliphatic carbocycles. The van der Waals surface area contributed by atoms with Crippen LogP contribution < -0.4 is 15.5 Å². The van der Waals surface area contributed by atoms with Crippen molar-refractivity contribution in [1.82, 2.24) is 0 Å². The molecule has 0 spiro atoms. The second-order valence-electron chi connectivity index (χ2n) is 5.90. The van der Waals surface area contributed by atoms with Crippen LogP contribution in [0.2, 0.25) is 10.0 Å². The van der Waals surface area contributed by atoms with Gasteiger partial charge in [0.05, 0.1) is 27.0 Å². The number of halogens is 3. The normalized spacial score (nSPS) is 15.1. The predicted octanol–water partition coefficient (Wildman–Crippen LogP) is 4.43. The third-order valence-electron chi connectivity index (χ3n) is 3.85. The largest absolute Gasteiger partial charge is 0.483 e. The van der Waals surface area contributed by atoms with E-state index >= 15 is 0 Å². The zero-order valence-corrected chi connectivity index (χ0v) is 17.7. The highest BCUT2D eigenvalue weighted by molar-refractivity contribution is 9.10. The zero-order chi connectivity index (χ0) is 20.4. The molecule has 9 heteroatoms. The van der Waals surface area contributed by atoms with Gasteiger partial charge in [0.2, 0.25) is 0 Å². The minimum absolute atomic E-state index is 0.270. The summed E-state index contributed by atoms with van der Waals surface area (Å²) in [6.45, 7) is 1.46. The summed E-state index contributed by atoms with van der Waals surface area (Å²) in [7, 11) is 0. The molecule has 0 bridgehead atoms. The van der Waals surface area contributed by atoms with Gasteiger partial charge in [-0.15, -0.1) is 0 Å². The van der Waals surface area contributed by atoms with Crippen molar-refractivity contribution >= 4 is 68.4 Å². The fourth-order valence-electron chi connectivity index (χ4n) is 2.54. The van der Waals surface area contributed by atoms with Crippen LogP contribution in [0.15, 0.2) is 51.5 Å². The zero-order valence-electron chi connectivity index (χ0n) is 14.6. The highest BCUT2D eigenvalue weighted by Gasteiger charge is 2.29. The van der Waals surface area contributed by atoms with E-state index in [0.717, 1.165) is 4.47 Å². The quantitative estimate of drug-likeness (QED) is 0.639. The number of rotatable bonds is 5. The summed E-state index contributed by atoms with van der Waals surface area (Å²) in [6.07, 6.45) is 1.65. The average Bonchev–Trinajstić information content (AvgIpc) is 2.91. The standard InChI is InChI=1S/C19H14BrCl2N3O3/c1-10-14(7-11-6-12(20)2-5-17(11)28-9-18(23)26)19(27)25(24-10)13-3-4-15(21)16(22)8-13/h2-8H,9H2,1H3,(H2,23,26)/b14-7+. The summed E-state index contributed by atoms with van der Waals surface area (Å²) < 4.78 is 6.22. The third-order valence-corrected chi connectivity index (χ3v) is 5.08. The van der Waals surface area contributed by atoms with Gasteiger partial charge in [-0.2, -0.15) is 10.1 Å². The highest BCUT2D eigenvalue weighted by Crippen LogP contribution is 2.32. The molecule has 1 heterocycles. The van der Waals surface area contributed by atoms with E-state index in [4.69, 9.17) is 33.7 Å². The van der Waals surface area contributed by atoms with E-state index in [1.165, 1.54) is 5.01 Å². The van der Waals surface area contributed by atoms with Gasteiger partial charge in [0, 0.05) is 10.0 Å². The fourth-order valence-corrected chi connectivity index (χ4v) is 3.22. The van der Waals surface area contributed by atoms with Gasteiger partial charge in [-0.1, -0.05) is 39.1 Å². The van der Waals surface area contributed by atoms with Gasteiger partial charge in [0.15, 0.2) is 6.61 Å². The molecule has 0 atom stereocenters. The Morgan fingerprint density at radius 2 is 2.00 bits per heavy atom. The Kier molecular flexibility index (Phi) is 6.07. The first kappa shape index (κ1) is 20.4. The fraction of sp³-hybridized carbons (Fsp3) is 0.105. The van der Waals surface area contributed by atoms with Gasteiger partial charge in [-0.25, -0.2) is 0 Å². The summed E-state index contributed by atoms with van der Waals surface area (Å²) >= 11 is 15.4. The number of ether oxygens (including phenoxy) is 1. The molecule has 1 aliphatic rings. The second kappa shape index (κ2) is 8.34. The topological polar surface area (TPSA) is 85.0 Å². The van der Waals surface area contributed by atoms with Crippen molar-refractivity contribution in [1.29, 1.82) is 0 Å². The van der Waals surface area contributed by atoms with Crippen LogP contribution in [0.25, 0.3) is 6.08 Å². The van der Waals surface area contributed by atoms with Crippen LogP contribution >= 0.6 is 39.1 Å². The van der Waals surface area contributed by atoms with Crippen molar-refractivity contribution < 1.29 is 14.3 Å². The van der Waals surface area contributed by atoms with Crippen molar-refractivity contribution in [3.05, 3.63) is 62.1 Å². The lowest BCUT2D eigenvalue weighted by molar-refractivity contribution is -0.120. The molecule has 0 fully saturated rings. The summed E-state index contributed by atoms with van der Waals surface area (Å²) in [4.78, 5) is 23.9. The highest BCUT2D eigenvalue weighted by atomic mass is 79.9. The maximum atomic E-state index is 12.9. The Labute approximate surface area is 179 Å². The number of benzene rings is 2. The molecule has 6 nitrogen and oxygen atoms in total. The molecule has 28 heavy (non-hydrogen) atoms. The lowest BCUT2D eigenvalue weighted by Crippen LogP contribution is -2.21. The first-order valence-electron chi connectivity index (χ1n) is 8.03. The number of carbonyl (C=O) groups excluding carboxylic acids is 2.